The SMILES string of the molecule is Cc1coc(SC2Cc3ccccc3C2N)n1. The topological polar surface area (TPSA) is 52.0 Å². The van der Waals surface area contributed by atoms with Crippen LogP contribution in [0.5, 0.6) is 0 Å². The van der Waals surface area contributed by atoms with Crippen molar-refractivity contribution < 1.29 is 4.42 Å². The molecule has 0 spiro atoms. The van der Waals surface area contributed by atoms with Gasteiger partial charge >= 0.3 is 0 Å². The highest BCUT2D eigenvalue weighted by Crippen LogP contribution is 2.39. The van der Waals surface area contributed by atoms with Crippen LogP contribution < -0.4 is 5.73 Å². The summed E-state index contributed by atoms with van der Waals surface area (Å²) in [5.74, 6) is 0. The van der Waals surface area contributed by atoms with Crippen molar-refractivity contribution in [2.75, 3.05) is 0 Å². The maximum atomic E-state index is 6.25. The first-order valence-electron chi connectivity index (χ1n) is 5.66. The van der Waals surface area contributed by atoms with E-state index in [4.69, 9.17) is 10.2 Å². The molecule has 3 rings (SSSR count). The Hall–Kier alpha value is -1.26. The number of nitrogens with two attached hydrogens (primary N) is 1. The summed E-state index contributed by atoms with van der Waals surface area (Å²) in [5, 5.41) is 1.04. The quantitative estimate of drug-likeness (QED) is 0.885. The van der Waals surface area contributed by atoms with Crippen LogP contribution in [0.1, 0.15) is 22.9 Å². The second-order valence-corrected chi connectivity index (χ2v) is 5.53. The van der Waals surface area contributed by atoms with E-state index in [1.165, 1.54) is 11.1 Å². The van der Waals surface area contributed by atoms with E-state index in [1.54, 1.807) is 18.0 Å². The monoisotopic (exact) mass is 246 g/mol. The van der Waals surface area contributed by atoms with Crippen molar-refractivity contribution in [3.05, 3.63) is 47.3 Å². The third-order valence-corrected chi connectivity index (χ3v) is 4.24. The number of hydrogen-bond acceptors (Lipinski definition) is 4. The van der Waals surface area contributed by atoms with Crippen LogP contribution >= 0.6 is 11.8 Å². The van der Waals surface area contributed by atoms with Crippen molar-refractivity contribution in [3.8, 4) is 0 Å². The summed E-state index contributed by atoms with van der Waals surface area (Å²) in [4.78, 5) is 4.31. The molecule has 2 atom stereocenters. The molecule has 0 saturated carbocycles. The molecule has 2 aromatic rings. The van der Waals surface area contributed by atoms with Gasteiger partial charge in [-0.1, -0.05) is 36.0 Å². The van der Waals surface area contributed by atoms with E-state index in [2.05, 4.69) is 23.2 Å². The molecule has 1 heterocycles. The van der Waals surface area contributed by atoms with Crippen LogP contribution in [0.2, 0.25) is 0 Å². The molecule has 88 valence electrons. The van der Waals surface area contributed by atoms with E-state index in [1.807, 2.05) is 13.0 Å². The Morgan fingerprint density at radius 3 is 2.94 bits per heavy atom. The highest BCUT2D eigenvalue weighted by Gasteiger charge is 2.31. The van der Waals surface area contributed by atoms with Gasteiger partial charge in [0.1, 0.15) is 6.26 Å². The van der Waals surface area contributed by atoms with Crippen LogP contribution in [0.3, 0.4) is 0 Å². The molecule has 1 aliphatic carbocycles. The van der Waals surface area contributed by atoms with Gasteiger partial charge in [0, 0.05) is 11.3 Å². The first-order chi connectivity index (χ1) is 8.24. The molecule has 0 amide bonds. The average molecular weight is 246 g/mol. The maximum absolute atomic E-state index is 6.25. The van der Waals surface area contributed by atoms with Gasteiger partial charge < -0.3 is 10.2 Å². The molecule has 1 aliphatic rings. The molecule has 0 saturated heterocycles. The summed E-state index contributed by atoms with van der Waals surface area (Å²) >= 11 is 1.63. The minimum Gasteiger partial charge on any atom is -0.440 e. The van der Waals surface area contributed by atoms with Gasteiger partial charge in [-0.05, 0) is 24.5 Å². The second kappa shape index (κ2) is 4.20. The molecular formula is C13H14N2OS. The van der Waals surface area contributed by atoms with Crippen LogP contribution in [0.4, 0.5) is 0 Å². The van der Waals surface area contributed by atoms with E-state index in [9.17, 15) is 0 Å². The average Bonchev–Trinajstić information content (AvgIpc) is 2.86. The molecule has 0 fully saturated rings. The highest BCUT2D eigenvalue weighted by molar-refractivity contribution is 7.99. The Kier molecular flexibility index (Phi) is 2.68. The zero-order valence-electron chi connectivity index (χ0n) is 9.59. The van der Waals surface area contributed by atoms with E-state index >= 15 is 0 Å². The predicted octanol–water partition coefficient (Wildman–Crippen LogP) is 2.70. The van der Waals surface area contributed by atoms with Gasteiger partial charge in [0.2, 0.25) is 0 Å². The summed E-state index contributed by atoms with van der Waals surface area (Å²) in [6.07, 6.45) is 2.67. The van der Waals surface area contributed by atoms with Gasteiger partial charge in [0.25, 0.3) is 5.22 Å². The number of aromatic nitrogens is 1. The number of thioether (sulfide) groups is 1. The van der Waals surface area contributed by atoms with Crippen molar-refractivity contribution in [1.82, 2.24) is 4.98 Å². The van der Waals surface area contributed by atoms with Crippen LogP contribution in [0.15, 0.2) is 40.2 Å². The molecule has 4 heteroatoms. The van der Waals surface area contributed by atoms with Crippen molar-refractivity contribution in [1.29, 1.82) is 0 Å². The lowest BCUT2D eigenvalue weighted by atomic mass is 10.1. The van der Waals surface area contributed by atoms with Crippen LogP contribution in [0.25, 0.3) is 0 Å². The normalized spacial score (nSPS) is 22.7. The molecule has 1 aromatic heterocycles. The van der Waals surface area contributed by atoms with Gasteiger partial charge in [-0.2, -0.15) is 0 Å². The molecule has 0 aliphatic heterocycles. The summed E-state index contributed by atoms with van der Waals surface area (Å²) in [7, 11) is 0. The van der Waals surface area contributed by atoms with E-state index in [0.717, 1.165) is 17.3 Å². The Morgan fingerprint density at radius 2 is 2.24 bits per heavy atom. The highest BCUT2D eigenvalue weighted by atomic mass is 32.2. The molecular weight excluding hydrogens is 232 g/mol. The fourth-order valence-electron chi connectivity index (χ4n) is 2.22. The fraction of sp³-hybridized carbons (Fsp3) is 0.308. The molecule has 2 N–H and O–H groups in total. The summed E-state index contributed by atoms with van der Waals surface area (Å²) < 4.78 is 5.37. The zero-order chi connectivity index (χ0) is 11.8. The number of benzene rings is 1. The molecule has 3 nitrogen and oxygen atoms in total. The largest absolute Gasteiger partial charge is 0.440 e. The first-order valence-corrected chi connectivity index (χ1v) is 6.54. The molecule has 2 unspecified atom stereocenters. The third-order valence-electron chi connectivity index (χ3n) is 3.09. The van der Waals surface area contributed by atoms with Gasteiger partial charge in [-0.25, -0.2) is 4.98 Å². The number of rotatable bonds is 2. The van der Waals surface area contributed by atoms with Crippen LogP contribution in [-0.2, 0) is 6.42 Å². The summed E-state index contributed by atoms with van der Waals surface area (Å²) in [6, 6.07) is 8.44. The van der Waals surface area contributed by atoms with Crippen molar-refractivity contribution in [2.24, 2.45) is 5.73 Å². The Labute approximate surface area is 104 Å². The van der Waals surface area contributed by atoms with Gasteiger partial charge in [0.15, 0.2) is 0 Å². The Morgan fingerprint density at radius 1 is 1.41 bits per heavy atom. The number of oxazole rings is 1. The number of aryl methyl sites for hydroxylation is 1. The van der Waals surface area contributed by atoms with Gasteiger partial charge in [0.05, 0.1) is 5.69 Å². The van der Waals surface area contributed by atoms with Crippen molar-refractivity contribution in [2.45, 2.75) is 29.9 Å². The lowest BCUT2D eigenvalue weighted by Gasteiger charge is -2.12. The minimum atomic E-state index is 0.0726. The van der Waals surface area contributed by atoms with Crippen molar-refractivity contribution in [3.63, 3.8) is 0 Å². The Balaban J connectivity index is 1.80. The minimum absolute atomic E-state index is 0.0726. The summed E-state index contributed by atoms with van der Waals surface area (Å²) in [6.45, 7) is 1.93. The number of nitrogens with zero attached hydrogens (tertiary/aromatic N) is 1. The van der Waals surface area contributed by atoms with Crippen molar-refractivity contribution >= 4 is 11.8 Å². The van der Waals surface area contributed by atoms with Gasteiger partial charge in [-0.15, -0.1) is 0 Å². The fourth-order valence-corrected chi connectivity index (χ4v) is 3.34. The lowest BCUT2D eigenvalue weighted by Crippen LogP contribution is -2.18. The lowest BCUT2D eigenvalue weighted by molar-refractivity contribution is 0.452. The predicted molar refractivity (Wildman–Crippen MR) is 68.0 cm³/mol. The molecule has 0 radical (unpaired) electrons. The van der Waals surface area contributed by atoms with E-state index < -0.39 is 0 Å². The van der Waals surface area contributed by atoms with E-state index in [-0.39, 0.29) is 6.04 Å². The molecule has 17 heavy (non-hydrogen) atoms. The van der Waals surface area contributed by atoms with Gasteiger partial charge in [-0.3, -0.25) is 0 Å². The Bertz CT molecular complexity index is 538. The molecule has 0 bridgehead atoms. The second-order valence-electron chi connectivity index (χ2n) is 4.34. The third kappa shape index (κ3) is 1.98. The first kappa shape index (κ1) is 10.9. The van der Waals surface area contributed by atoms with Crippen LogP contribution in [0, 0.1) is 6.92 Å². The maximum Gasteiger partial charge on any atom is 0.256 e. The van der Waals surface area contributed by atoms with Crippen LogP contribution in [-0.4, -0.2) is 10.2 Å². The zero-order valence-corrected chi connectivity index (χ0v) is 10.4. The number of hydrogen-bond donors (Lipinski definition) is 1. The smallest absolute Gasteiger partial charge is 0.256 e. The standard InChI is InChI=1S/C13H14N2OS/c1-8-7-16-13(15-8)17-11-6-9-4-2-3-5-10(9)12(11)14/h2-5,7,11-12H,6,14H2,1H3. The number of fused-ring (bicyclic) bond motifs is 1. The summed E-state index contributed by atoms with van der Waals surface area (Å²) in [5.41, 5.74) is 9.77. The van der Waals surface area contributed by atoms with E-state index in [0.29, 0.717) is 5.25 Å². The molecule has 1 aromatic carbocycles.